The van der Waals surface area contributed by atoms with Gasteiger partial charge in [0.05, 0.1) is 17.7 Å². The lowest BCUT2D eigenvalue weighted by Crippen LogP contribution is -2.15. The number of anilines is 2. The lowest BCUT2D eigenvalue weighted by molar-refractivity contribution is 0.102. The highest BCUT2D eigenvalue weighted by molar-refractivity contribution is 7.92. The summed E-state index contributed by atoms with van der Waals surface area (Å²) in [6, 6.07) is 17.8. The molecule has 0 bridgehead atoms. The Morgan fingerprint density at radius 1 is 0.972 bits per heavy atom. The van der Waals surface area contributed by atoms with Crippen molar-refractivity contribution in [3.63, 3.8) is 0 Å². The Kier molecular flexibility index (Phi) is 6.49. The highest BCUT2D eigenvalue weighted by Gasteiger charge is 2.17. The van der Waals surface area contributed by atoms with E-state index in [9.17, 15) is 13.2 Å². The molecule has 3 aromatic carbocycles. The number of hydrogen-bond acceptors (Lipinski definition) is 8. The third-order valence-electron chi connectivity index (χ3n) is 5.33. The van der Waals surface area contributed by atoms with E-state index in [1.165, 1.54) is 54.8 Å². The Morgan fingerprint density at radius 2 is 1.69 bits per heavy atom. The number of carbonyl (C=O) groups is 1. The van der Waals surface area contributed by atoms with Gasteiger partial charge in [0.1, 0.15) is 19.0 Å². The molecule has 0 aliphatic carbocycles. The number of ether oxygens (including phenoxy) is 3. The number of hydrogen-bond donors (Lipinski definition) is 2. The fraction of sp³-hybridized carbons (Fsp3) is 0.120. The van der Waals surface area contributed by atoms with Crippen molar-refractivity contribution in [2.24, 2.45) is 0 Å². The standard InChI is InChI=1S/C25H21N3O6S2/c1-32-19-7-9-20(10-8-19)36(30,31)28-18-5-2-16(3-6-18)24(29)27-25-26-21(15-35-25)17-4-11-22-23(14-17)34-13-12-33-22/h2-11,14-15,28H,12-13H2,1H3,(H,26,27,29). The van der Waals surface area contributed by atoms with Crippen molar-refractivity contribution in [1.29, 1.82) is 0 Å². The van der Waals surface area contributed by atoms with Gasteiger partial charge in [-0.2, -0.15) is 0 Å². The Bertz CT molecular complexity index is 1500. The van der Waals surface area contributed by atoms with E-state index >= 15 is 0 Å². The summed E-state index contributed by atoms with van der Waals surface area (Å²) in [5.74, 6) is 1.56. The van der Waals surface area contributed by atoms with Gasteiger partial charge in [-0.05, 0) is 66.7 Å². The van der Waals surface area contributed by atoms with Gasteiger partial charge in [-0.15, -0.1) is 11.3 Å². The molecule has 36 heavy (non-hydrogen) atoms. The summed E-state index contributed by atoms with van der Waals surface area (Å²) >= 11 is 1.30. The Hall–Kier alpha value is -4.09. The van der Waals surface area contributed by atoms with Crippen LogP contribution in [0.25, 0.3) is 11.3 Å². The quantitative estimate of drug-likeness (QED) is 0.362. The number of fused-ring (bicyclic) bond motifs is 1. The molecule has 0 unspecified atom stereocenters. The molecule has 184 valence electrons. The normalized spacial score (nSPS) is 12.6. The van der Waals surface area contributed by atoms with Crippen LogP contribution in [0.15, 0.2) is 77.0 Å². The minimum Gasteiger partial charge on any atom is -0.497 e. The first-order valence-electron chi connectivity index (χ1n) is 10.9. The number of thiazole rings is 1. The zero-order valence-electron chi connectivity index (χ0n) is 19.1. The molecule has 0 spiro atoms. The number of nitrogens with one attached hydrogen (secondary N) is 2. The third-order valence-corrected chi connectivity index (χ3v) is 7.49. The summed E-state index contributed by atoms with van der Waals surface area (Å²) < 4.78 is 43.9. The highest BCUT2D eigenvalue weighted by Crippen LogP contribution is 2.35. The zero-order chi connectivity index (χ0) is 25.1. The predicted octanol–water partition coefficient (Wildman–Crippen LogP) is 4.64. The molecule has 0 saturated carbocycles. The summed E-state index contributed by atoms with van der Waals surface area (Å²) in [6.45, 7) is 1.02. The van der Waals surface area contributed by atoms with Crippen LogP contribution in [0.1, 0.15) is 10.4 Å². The van der Waals surface area contributed by atoms with Gasteiger partial charge in [-0.3, -0.25) is 14.8 Å². The topological polar surface area (TPSA) is 116 Å². The van der Waals surface area contributed by atoms with Gasteiger partial charge in [-0.1, -0.05) is 0 Å². The molecule has 5 rings (SSSR count). The van der Waals surface area contributed by atoms with Gasteiger partial charge in [0, 0.05) is 22.2 Å². The summed E-state index contributed by atoms with van der Waals surface area (Å²) in [4.78, 5) is 17.3. The van der Waals surface area contributed by atoms with Crippen molar-refractivity contribution < 1.29 is 27.4 Å². The SMILES string of the molecule is COc1ccc(S(=O)(=O)Nc2ccc(C(=O)Nc3nc(-c4ccc5c(c4)OCCO5)cs3)cc2)cc1. The molecule has 1 aliphatic heterocycles. The largest absolute Gasteiger partial charge is 0.497 e. The maximum Gasteiger partial charge on any atom is 0.261 e. The number of amides is 1. The van der Waals surface area contributed by atoms with Crippen LogP contribution in [-0.2, 0) is 10.0 Å². The molecule has 1 aromatic heterocycles. The van der Waals surface area contributed by atoms with Crippen molar-refractivity contribution in [3.8, 4) is 28.5 Å². The van der Waals surface area contributed by atoms with E-state index in [1.54, 1.807) is 12.1 Å². The van der Waals surface area contributed by atoms with Gasteiger partial charge in [0.15, 0.2) is 16.6 Å². The van der Waals surface area contributed by atoms with Crippen molar-refractivity contribution >= 4 is 38.1 Å². The van der Waals surface area contributed by atoms with Crippen LogP contribution < -0.4 is 24.2 Å². The van der Waals surface area contributed by atoms with Crippen LogP contribution in [0.4, 0.5) is 10.8 Å². The van der Waals surface area contributed by atoms with Crippen LogP contribution in [0.2, 0.25) is 0 Å². The van der Waals surface area contributed by atoms with E-state index in [2.05, 4.69) is 15.0 Å². The van der Waals surface area contributed by atoms with Gasteiger partial charge in [0.2, 0.25) is 0 Å². The van der Waals surface area contributed by atoms with Crippen LogP contribution in [0.5, 0.6) is 17.2 Å². The second kappa shape index (κ2) is 9.88. The smallest absolute Gasteiger partial charge is 0.261 e. The second-order valence-corrected chi connectivity index (χ2v) is 10.2. The van der Waals surface area contributed by atoms with Gasteiger partial charge in [-0.25, -0.2) is 13.4 Å². The molecular weight excluding hydrogens is 502 g/mol. The predicted molar refractivity (Wildman–Crippen MR) is 137 cm³/mol. The zero-order valence-corrected chi connectivity index (χ0v) is 20.7. The maximum absolute atomic E-state index is 12.7. The van der Waals surface area contributed by atoms with Crippen LogP contribution in [0, 0.1) is 0 Å². The average molecular weight is 524 g/mol. The summed E-state index contributed by atoms with van der Waals surface area (Å²) in [5.41, 5.74) is 2.25. The molecule has 2 heterocycles. The Balaban J connectivity index is 1.24. The van der Waals surface area contributed by atoms with E-state index in [1.807, 2.05) is 23.6 Å². The first-order valence-corrected chi connectivity index (χ1v) is 13.2. The molecule has 2 N–H and O–H groups in total. The first-order chi connectivity index (χ1) is 17.4. The van der Waals surface area contributed by atoms with Crippen LogP contribution in [-0.4, -0.2) is 39.6 Å². The van der Waals surface area contributed by atoms with Crippen LogP contribution in [0.3, 0.4) is 0 Å². The summed E-state index contributed by atoms with van der Waals surface area (Å²) in [5, 5.41) is 5.06. The number of carbonyl (C=O) groups excluding carboxylic acids is 1. The molecule has 1 amide bonds. The minimum absolute atomic E-state index is 0.0997. The molecule has 0 radical (unpaired) electrons. The monoisotopic (exact) mass is 523 g/mol. The maximum atomic E-state index is 12.7. The number of benzene rings is 3. The first kappa shape index (κ1) is 23.6. The van der Waals surface area contributed by atoms with Crippen molar-refractivity contribution in [2.75, 3.05) is 30.4 Å². The van der Waals surface area contributed by atoms with Crippen molar-refractivity contribution in [1.82, 2.24) is 4.98 Å². The molecule has 4 aromatic rings. The third kappa shape index (κ3) is 5.11. The summed E-state index contributed by atoms with van der Waals surface area (Å²) in [6.07, 6.45) is 0. The number of sulfonamides is 1. The molecule has 0 saturated heterocycles. The molecule has 9 nitrogen and oxygen atoms in total. The Labute approximate surface area is 211 Å². The van der Waals surface area contributed by atoms with E-state index in [0.717, 1.165) is 5.56 Å². The fourth-order valence-corrected chi connectivity index (χ4v) is 5.27. The number of aromatic nitrogens is 1. The lowest BCUT2D eigenvalue weighted by atomic mass is 10.1. The van der Waals surface area contributed by atoms with Crippen LogP contribution >= 0.6 is 11.3 Å². The van der Waals surface area contributed by atoms with Crippen molar-refractivity contribution in [3.05, 3.63) is 77.7 Å². The number of nitrogens with zero attached hydrogens (tertiary/aromatic N) is 1. The lowest BCUT2D eigenvalue weighted by Gasteiger charge is -2.18. The summed E-state index contributed by atoms with van der Waals surface area (Å²) in [7, 11) is -2.27. The minimum atomic E-state index is -3.78. The molecule has 0 atom stereocenters. The molecule has 0 fully saturated rings. The molecule has 1 aliphatic rings. The van der Waals surface area contributed by atoms with Gasteiger partial charge < -0.3 is 14.2 Å². The van der Waals surface area contributed by atoms with Crippen molar-refractivity contribution in [2.45, 2.75) is 4.90 Å². The van der Waals surface area contributed by atoms with Gasteiger partial charge >= 0.3 is 0 Å². The average Bonchev–Trinajstić information content (AvgIpc) is 3.37. The van der Waals surface area contributed by atoms with E-state index < -0.39 is 10.0 Å². The second-order valence-electron chi connectivity index (χ2n) is 7.71. The molecular formula is C25H21N3O6S2. The Morgan fingerprint density at radius 3 is 2.42 bits per heavy atom. The number of methoxy groups -OCH3 is 1. The van der Waals surface area contributed by atoms with E-state index in [-0.39, 0.29) is 10.8 Å². The number of rotatable bonds is 7. The fourth-order valence-electron chi connectivity index (χ4n) is 3.49. The van der Waals surface area contributed by atoms with E-state index in [4.69, 9.17) is 14.2 Å². The molecule has 11 heteroatoms. The van der Waals surface area contributed by atoms with Gasteiger partial charge in [0.25, 0.3) is 15.9 Å². The highest BCUT2D eigenvalue weighted by atomic mass is 32.2. The van der Waals surface area contributed by atoms with E-state index in [0.29, 0.717) is 52.5 Å².